The molecule has 0 amide bonds. The van der Waals surface area contributed by atoms with E-state index in [0.717, 1.165) is 38.5 Å². The van der Waals surface area contributed by atoms with Gasteiger partial charge in [0.15, 0.2) is 24.7 Å². The summed E-state index contributed by atoms with van der Waals surface area (Å²) in [4.78, 5) is 14.7. The molecule has 1 spiro atoms. The molecule has 9 fully saturated rings. The van der Waals surface area contributed by atoms with Crippen LogP contribution in [0.15, 0.2) is 0 Å². The number of aliphatic hydroxyl groups is 9. The van der Waals surface area contributed by atoms with Crippen molar-refractivity contribution in [1.82, 2.24) is 0 Å². The third-order valence-electron chi connectivity index (χ3n) is 17.8. The van der Waals surface area contributed by atoms with Crippen LogP contribution in [0.1, 0.15) is 85.5 Å². The van der Waals surface area contributed by atoms with Crippen LogP contribution in [0.5, 0.6) is 0 Å². The van der Waals surface area contributed by atoms with Gasteiger partial charge < -0.3 is 83.9 Å². The lowest BCUT2D eigenvalue weighted by Gasteiger charge is -2.61. The molecule has 9 rings (SSSR count). The Morgan fingerprint density at radius 2 is 1.39 bits per heavy atom. The third-order valence-corrected chi connectivity index (χ3v) is 17.8. The Labute approximate surface area is 362 Å². The lowest BCUT2D eigenvalue weighted by Crippen LogP contribution is -2.67. The molecule has 9 N–H and O–H groups in total. The highest BCUT2D eigenvalue weighted by molar-refractivity contribution is 5.87. The summed E-state index contributed by atoms with van der Waals surface area (Å²) in [6, 6.07) is 0. The van der Waals surface area contributed by atoms with Crippen molar-refractivity contribution in [1.29, 1.82) is 0 Å². The van der Waals surface area contributed by atoms with Gasteiger partial charge in [-0.25, -0.2) is 0 Å². The molecule has 0 aromatic heterocycles. The second-order valence-electron chi connectivity index (χ2n) is 20.9. The maximum atomic E-state index is 14.7. The molecule has 0 aromatic carbocycles. The summed E-state index contributed by atoms with van der Waals surface area (Å²) >= 11 is 0. The minimum absolute atomic E-state index is 0.00178. The van der Waals surface area contributed by atoms with Gasteiger partial charge in [0, 0.05) is 30.1 Å². The van der Waals surface area contributed by atoms with E-state index in [1.807, 2.05) is 0 Å². The summed E-state index contributed by atoms with van der Waals surface area (Å²) in [5.74, 6) is 1.46. The second kappa shape index (κ2) is 17.3. The number of rotatable bonds is 8. The molecule has 5 heterocycles. The van der Waals surface area contributed by atoms with E-state index in [1.54, 1.807) is 0 Å². The molecule has 18 nitrogen and oxygen atoms in total. The minimum Gasteiger partial charge on any atom is -0.394 e. The highest BCUT2D eigenvalue weighted by Gasteiger charge is 2.72. The number of hydrogen-bond acceptors (Lipinski definition) is 18. The zero-order valence-electron chi connectivity index (χ0n) is 36.2. The molecule has 5 saturated heterocycles. The van der Waals surface area contributed by atoms with Crippen LogP contribution in [-0.4, -0.2) is 182 Å². The van der Waals surface area contributed by atoms with Crippen LogP contribution >= 0.6 is 0 Å². The van der Waals surface area contributed by atoms with Gasteiger partial charge in [-0.2, -0.15) is 0 Å². The van der Waals surface area contributed by atoms with Crippen molar-refractivity contribution < 1.29 is 88.6 Å². The molecule has 26 atom stereocenters. The van der Waals surface area contributed by atoms with Crippen molar-refractivity contribution in [3.63, 3.8) is 0 Å². The Morgan fingerprint density at radius 1 is 0.694 bits per heavy atom. The molecular formula is C44H70O18. The van der Waals surface area contributed by atoms with Crippen LogP contribution in [0.4, 0.5) is 0 Å². The van der Waals surface area contributed by atoms with Crippen molar-refractivity contribution >= 4 is 5.78 Å². The summed E-state index contributed by atoms with van der Waals surface area (Å²) in [6.45, 7) is 7.84. The fraction of sp³-hybridized carbons (Fsp3) is 0.977. The van der Waals surface area contributed by atoms with E-state index in [2.05, 4.69) is 27.7 Å². The standard InChI is InChI=1S/C44H70O18/c1-18-7-10-44(56-16-18)19(2)30-26(62-44)12-24-22-6-5-20-11-21(8-9-42(20,3)23(22)13-29(48)43(24,30)4)57-41-38(61-40-36(54)34(52)32(50)27(14-45)58-40)37(33(51)28(15-46)59-41)60-39-35(53)31(49)25(47)17-55-39/h18-28,30-41,45-47,49-54H,5-17H2,1-4H3. The van der Waals surface area contributed by atoms with Crippen LogP contribution in [-0.2, 0) is 42.7 Å². The van der Waals surface area contributed by atoms with Crippen LogP contribution in [0.3, 0.4) is 0 Å². The first kappa shape index (κ1) is 46.1. The van der Waals surface area contributed by atoms with Gasteiger partial charge in [-0.1, -0.05) is 27.7 Å². The molecule has 354 valence electrons. The Bertz CT molecular complexity index is 1600. The summed E-state index contributed by atoms with van der Waals surface area (Å²) in [7, 11) is 0. The average Bonchev–Trinajstić information content (AvgIpc) is 3.70. The highest BCUT2D eigenvalue weighted by Crippen LogP contribution is 2.70. The Kier molecular flexibility index (Phi) is 12.8. The number of hydrogen-bond donors (Lipinski definition) is 9. The lowest BCUT2D eigenvalue weighted by molar-refractivity contribution is -0.392. The van der Waals surface area contributed by atoms with Crippen LogP contribution in [0.25, 0.3) is 0 Å². The Morgan fingerprint density at radius 3 is 2.10 bits per heavy atom. The summed E-state index contributed by atoms with van der Waals surface area (Å²) in [5, 5.41) is 95.1. The first-order valence-electron chi connectivity index (χ1n) is 23.2. The fourth-order valence-corrected chi connectivity index (χ4v) is 14.1. The molecule has 0 radical (unpaired) electrons. The zero-order valence-corrected chi connectivity index (χ0v) is 36.2. The van der Waals surface area contributed by atoms with Crippen LogP contribution < -0.4 is 0 Å². The molecular weight excluding hydrogens is 816 g/mol. The number of fused-ring (bicyclic) bond motifs is 7. The molecule has 62 heavy (non-hydrogen) atoms. The molecule has 26 unspecified atom stereocenters. The van der Waals surface area contributed by atoms with E-state index < -0.39 is 123 Å². The zero-order chi connectivity index (χ0) is 44.2. The van der Waals surface area contributed by atoms with E-state index in [0.29, 0.717) is 43.5 Å². The van der Waals surface area contributed by atoms with Gasteiger partial charge in [0.25, 0.3) is 0 Å². The maximum Gasteiger partial charge on any atom is 0.187 e. The number of ketones is 1. The number of ether oxygens (including phenoxy) is 8. The van der Waals surface area contributed by atoms with Gasteiger partial charge in [0.05, 0.1) is 38.6 Å². The largest absolute Gasteiger partial charge is 0.394 e. The molecule has 18 heteroatoms. The average molecular weight is 887 g/mol. The molecule has 0 bridgehead atoms. The third kappa shape index (κ3) is 7.38. The Balaban J connectivity index is 0.929. The van der Waals surface area contributed by atoms with E-state index in [-0.39, 0.29) is 41.1 Å². The van der Waals surface area contributed by atoms with Crippen molar-refractivity contribution in [3.05, 3.63) is 0 Å². The van der Waals surface area contributed by atoms with Crippen molar-refractivity contribution in [2.24, 2.45) is 52.3 Å². The van der Waals surface area contributed by atoms with Crippen molar-refractivity contribution in [2.75, 3.05) is 26.4 Å². The first-order valence-corrected chi connectivity index (χ1v) is 23.2. The number of aliphatic hydroxyl groups excluding tert-OH is 9. The van der Waals surface area contributed by atoms with Gasteiger partial charge in [0.2, 0.25) is 0 Å². The number of carbonyl (C=O) groups is 1. The summed E-state index contributed by atoms with van der Waals surface area (Å²) in [6.07, 6.45) is -15.5. The number of Topliss-reactive ketones (excluding diaryl/α,β-unsaturated/α-hetero) is 1. The highest BCUT2D eigenvalue weighted by atomic mass is 16.8. The van der Waals surface area contributed by atoms with E-state index in [4.69, 9.17) is 37.9 Å². The summed E-state index contributed by atoms with van der Waals surface area (Å²) in [5.41, 5.74) is -0.620. The van der Waals surface area contributed by atoms with E-state index in [1.165, 1.54) is 0 Å². The smallest absolute Gasteiger partial charge is 0.187 e. The Hall–Kier alpha value is -1.01. The second-order valence-corrected chi connectivity index (χ2v) is 20.9. The van der Waals surface area contributed by atoms with Crippen LogP contribution in [0.2, 0.25) is 0 Å². The topological polar surface area (TPSA) is 273 Å². The SMILES string of the molecule is CC1CCC2(OC1)OC1CC3C4CCC5CC(OC6OC(CO)C(O)C(OC7OCC(O)C(O)C7O)C6OC6OC(CO)C(O)C(O)C6O)CCC5(C)C4CC(=O)C3(C)C1C2C. The van der Waals surface area contributed by atoms with Gasteiger partial charge in [-0.3, -0.25) is 4.79 Å². The lowest BCUT2D eigenvalue weighted by atomic mass is 9.44. The van der Waals surface area contributed by atoms with Gasteiger partial charge in [-0.15, -0.1) is 0 Å². The molecule has 4 saturated carbocycles. The normalized spacial score (nSPS) is 57.8. The monoisotopic (exact) mass is 886 g/mol. The number of carbonyl (C=O) groups excluding carboxylic acids is 1. The molecule has 4 aliphatic carbocycles. The fourth-order valence-electron chi connectivity index (χ4n) is 14.1. The van der Waals surface area contributed by atoms with Gasteiger partial charge >= 0.3 is 0 Å². The van der Waals surface area contributed by atoms with Gasteiger partial charge in [-0.05, 0) is 80.0 Å². The predicted octanol–water partition coefficient (Wildman–Crippen LogP) is -0.915. The molecule has 0 aromatic rings. The maximum absolute atomic E-state index is 14.7. The van der Waals surface area contributed by atoms with Crippen LogP contribution in [0, 0.1) is 52.3 Å². The van der Waals surface area contributed by atoms with E-state index >= 15 is 0 Å². The quantitative estimate of drug-likeness (QED) is 0.133. The van der Waals surface area contributed by atoms with E-state index in [9.17, 15) is 50.8 Å². The summed E-state index contributed by atoms with van der Waals surface area (Å²) < 4.78 is 49.7. The first-order chi connectivity index (χ1) is 29.4. The molecule has 9 aliphatic rings. The van der Waals surface area contributed by atoms with Gasteiger partial charge in [0.1, 0.15) is 72.9 Å². The predicted molar refractivity (Wildman–Crippen MR) is 210 cm³/mol. The minimum atomic E-state index is -1.85. The molecule has 5 aliphatic heterocycles. The van der Waals surface area contributed by atoms with Crippen molar-refractivity contribution in [2.45, 2.75) is 189 Å². The van der Waals surface area contributed by atoms with Crippen molar-refractivity contribution in [3.8, 4) is 0 Å².